The van der Waals surface area contributed by atoms with Gasteiger partial charge in [-0.1, -0.05) is 30.3 Å². The summed E-state index contributed by atoms with van der Waals surface area (Å²) < 4.78 is 5.81. The molecule has 0 aliphatic rings. The number of nitrogens with zero attached hydrogens (tertiary/aromatic N) is 2. The van der Waals surface area contributed by atoms with E-state index in [4.69, 9.17) is 15.7 Å². The van der Waals surface area contributed by atoms with Crippen LogP contribution in [0.15, 0.2) is 47.8 Å². The summed E-state index contributed by atoms with van der Waals surface area (Å²) in [5.74, 6) is 0.859. The van der Waals surface area contributed by atoms with Gasteiger partial charge < -0.3 is 15.7 Å². The zero-order valence-electron chi connectivity index (χ0n) is 11.3. The Bertz CT molecular complexity index is 612. The van der Waals surface area contributed by atoms with Crippen LogP contribution in [0.4, 0.5) is 0 Å². The number of ether oxygens (including phenoxy) is 1. The van der Waals surface area contributed by atoms with E-state index < -0.39 is 0 Å². The van der Waals surface area contributed by atoms with Gasteiger partial charge >= 0.3 is 0 Å². The van der Waals surface area contributed by atoms with E-state index in [1.165, 1.54) is 5.56 Å². The van der Waals surface area contributed by atoms with Crippen molar-refractivity contribution >= 4 is 5.84 Å². The van der Waals surface area contributed by atoms with Gasteiger partial charge in [-0.2, -0.15) is 0 Å². The van der Waals surface area contributed by atoms with Crippen LogP contribution in [0.5, 0.6) is 5.75 Å². The molecular weight excluding hydrogens is 254 g/mol. The first-order valence-electron chi connectivity index (χ1n) is 6.38. The molecule has 1 heterocycles. The maximum absolute atomic E-state index is 8.65. The van der Waals surface area contributed by atoms with Crippen molar-refractivity contribution < 1.29 is 9.94 Å². The molecule has 1 aromatic heterocycles. The zero-order valence-corrected chi connectivity index (χ0v) is 11.3. The molecule has 0 spiro atoms. The standard InChI is InChI=1S/C15H17N3O2/c1-2-12-5-3-4-6-14(12)20-10-11-7-8-17-13(9-11)15(16)18-19/h3-9,19H,2,10H2,1H3,(H2,16,18). The second-order valence-electron chi connectivity index (χ2n) is 4.28. The molecule has 104 valence electrons. The van der Waals surface area contributed by atoms with Crippen LogP contribution >= 0.6 is 0 Å². The van der Waals surface area contributed by atoms with E-state index >= 15 is 0 Å². The third-order valence-electron chi connectivity index (χ3n) is 2.94. The average molecular weight is 271 g/mol. The van der Waals surface area contributed by atoms with E-state index in [9.17, 15) is 0 Å². The molecule has 0 bridgehead atoms. The number of rotatable bonds is 5. The monoisotopic (exact) mass is 271 g/mol. The van der Waals surface area contributed by atoms with Gasteiger partial charge in [-0.15, -0.1) is 0 Å². The summed E-state index contributed by atoms with van der Waals surface area (Å²) in [6.07, 6.45) is 2.53. The highest BCUT2D eigenvalue weighted by atomic mass is 16.5. The first-order valence-corrected chi connectivity index (χ1v) is 6.38. The first-order chi connectivity index (χ1) is 9.74. The second-order valence-corrected chi connectivity index (χ2v) is 4.28. The highest BCUT2D eigenvalue weighted by molar-refractivity contribution is 5.95. The molecule has 0 aliphatic carbocycles. The van der Waals surface area contributed by atoms with Gasteiger partial charge in [-0.05, 0) is 35.7 Å². The van der Waals surface area contributed by atoms with Gasteiger partial charge in [0.05, 0.1) is 0 Å². The van der Waals surface area contributed by atoms with Gasteiger partial charge in [0.1, 0.15) is 18.1 Å². The molecule has 2 aromatic rings. The van der Waals surface area contributed by atoms with Gasteiger partial charge in [0.25, 0.3) is 0 Å². The summed E-state index contributed by atoms with van der Waals surface area (Å²) in [6, 6.07) is 11.5. The van der Waals surface area contributed by atoms with Crippen molar-refractivity contribution in [1.82, 2.24) is 4.98 Å². The van der Waals surface area contributed by atoms with E-state index in [1.54, 1.807) is 12.3 Å². The Morgan fingerprint density at radius 3 is 2.90 bits per heavy atom. The molecule has 5 nitrogen and oxygen atoms in total. The van der Waals surface area contributed by atoms with Crippen molar-refractivity contribution in [1.29, 1.82) is 0 Å². The number of benzene rings is 1. The summed E-state index contributed by atoms with van der Waals surface area (Å²) in [6.45, 7) is 2.50. The van der Waals surface area contributed by atoms with E-state index in [1.807, 2.05) is 30.3 Å². The number of hydrogen-bond donors (Lipinski definition) is 2. The Morgan fingerprint density at radius 2 is 2.15 bits per heavy atom. The maximum Gasteiger partial charge on any atom is 0.188 e. The van der Waals surface area contributed by atoms with Crippen LogP contribution in [-0.4, -0.2) is 16.0 Å². The van der Waals surface area contributed by atoms with Crippen LogP contribution in [0.25, 0.3) is 0 Å². The Hall–Kier alpha value is -2.56. The second kappa shape index (κ2) is 6.56. The largest absolute Gasteiger partial charge is 0.489 e. The van der Waals surface area contributed by atoms with Gasteiger partial charge in [0.15, 0.2) is 5.84 Å². The summed E-state index contributed by atoms with van der Waals surface area (Å²) >= 11 is 0. The number of oxime groups is 1. The van der Waals surface area contributed by atoms with Crippen LogP contribution in [0.1, 0.15) is 23.7 Å². The molecule has 2 rings (SSSR count). The minimum absolute atomic E-state index is 0.0131. The number of aryl methyl sites for hydroxylation is 1. The molecule has 5 heteroatoms. The number of amidine groups is 1. The Labute approximate surface area is 117 Å². The molecule has 0 fully saturated rings. The molecule has 20 heavy (non-hydrogen) atoms. The van der Waals surface area contributed by atoms with Crippen molar-refractivity contribution in [2.75, 3.05) is 0 Å². The summed E-state index contributed by atoms with van der Waals surface area (Å²) in [7, 11) is 0. The minimum atomic E-state index is -0.0131. The Kier molecular flexibility index (Phi) is 4.55. The lowest BCUT2D eigenvalue weighted by Crippen LogP contribution is -2.15. The molecule has 0 aliphatic heterocycles. The van der Waals surface area contributed by atoms with Crippen molar-refractivity contribution in [3.8, 4) is 5.75 Å². The van der Waals surface area contributed by atoms with E-state index in [0.717, 1.165) is 17.7 Å². The lowest BCUT2D eigenvalue weighted by molar-refractivity contribution is 0.303. The van der Waals surface area contributed by atoms with E-state index in [0.29, 0.717) is 12.3 Å². The van der Waals surface area contributed by atoms with E-state index in [2.05, 4.69) is 17.1 Å². The van der Waals surface area contributed by atoms with Crippen molar-refractivity contribution in [2.45, 2.75) is 20.0 Å². The SMILES string of the molecule is CCc1ccccc1OCc1ccnc(C(N)=NO)c1. The van der Waals surface area contributed by atoms with Gasteiger partial charge in [0.2, 0.25) is 0 Å². The zero-order chi connectivity index (χ0) is 14.4. The fraction of sp³-hybridized carbons (Fsp3) is 0.200. The quantitative estimate of drug-likeness (QED) is 0.378. The van der Waals surface area contributed by atoms with Gasteiger partial charge in [-0.3, -0.25) is 4.98 Å². The molecule has 0 radical (unpaired) electrons. The first kappa shape index (κ1) is 13.9. The number of pyridine rings is 1. The Morgan fingerprint density at radius 1 is 1.35 bits per heavy atom. The van der Waals surface area contributed by atoms with E-state index in [-0.39, 0.29) is 5.84 Å². The lowest BCUT2D eigenvalue weighted by Gasteiger charge is -2.10. The highest BCUT2D eigenvalue weighted by Crippen LogP contribution is 2.19. The van der Waals surface area contributed by atoms with Crippen LogP contribution < -0.4 is 10.5 Å². The van der Waals surface area contributed by atoms with Crippen molar-refractivity contribution in [3.63, 3.8) is 0 Å². The average Bonchev–Trinajstić information content (AvgIpc) is 2.52. The summed E-state index contributed by atoms with van der Waals surface area (Å²) in [5.41, 5.74) is 8.02. The fourth-order valence-electron chi connectivity index (χ4n) is 1.85. The normalized spacial score (nSPS) is 11.3. The van der Waals surface area contributed by atoms with Crippen LogP contribution in [0.2, 0.25) is 0 Å². The third-order valence-corrected chi connectivity index (χ3v) is 2.94. The molecule has 0 amide bonds. The molecular formula is C15H17N3O2. The molecule has 0 saturated carbocycles. The van der Waals surface area contributed by atoms with Gasteiger partial charge in [0, 0.05) is 6.20 Å². The van der Waals surface area contributed by atoms with Gasteiger partial charge in [-0.25, -0.2) is 0 Å². The highest BCUT2D eigenvalue weighted by Gasteiger charge is 2.04. The Balaban J connectivity index is 2.11. The predicted octanol–water partition coefficient (Wildman–Crippen LogP) is 2.32. The maximum atomic E-state index is 8.65. The number of para-hydroxylation sites is 1. The number of hydrogen-bond acceptors (Lipinski definition) is 4. The molecule has 0 unspecified atom stereocenters. The number of aromatic nitrogens is 1. The van der Waals surface area contributed by atoms with Crippen LogP contribution in [0.3, 0.4) is 0 Å². The lowest BCUT2D eigenvalue weighted by atomic mass is 10.1. The number of nitrogens with two attached hydrogens (primary N) is 1. The van der Waals surface area contributed by atoms with Crippen molar-refractivity contribution in [2.24, 2.45) is 10.9 Å². The topological polar surface area (TPSA) is 80.7 Å². The molecule has 0 atom stereocenters. The molecule has 3 N–H and O–H groups in total. The summed E-state index contributed by atoms with van der Waals surface area (Å²) in [4.78, 5) is 4.03. The fourth-order valence-corrected chi connectivity index (χ4v) is 1.85. The van der Waals surface area contributed by atoms with Crippen LogP contribution in [-0.2, 0) is 13.0 Å². The smallest absolute Gasteiger partial charge is 0.188 e. The molecule has 1 aromatic carbocycles. The van der Waals surface area contributed by atoms with Crippen molar-refractivity contribution in [3.05, 3.63) is 59.4 Å². The third kappa shape index (κ3) is 3.26. The summed E-state index contributed by atoms with van der Waals surface area (Å²) in [5, 5.41) is 11.6. The van der Waals surface area contributed by atoms with Crippen LogP contribution in [0, 0.1) is 0 Å². The minimum Gasteiger partial charge on any atom is -0.489 e. The predicted molar refractivity (Wildman–Crippen MR) is 76.9 cm³/mol. The molecule has 0 saturated heterocycles.